The van der Waals surface area contributed by atoms with Crippen LogP contribution in [0.2, 0.25) is 5.02 Å². The molecule has 1 aliphatic rings. The van der Waals surface area contributed by atoms with E-state index in [-0.39, 0.29) is 0 Å². The molecule has 2 atom stereocenters. The molecule has 2 rings (SSSR count). The Bertz CT molecular complexity index is 388. The van der Waals surface area contributed by atoms with Crippen molar-refractivity contribution in [1.82, 2.24) is 10.2 Å². The number of benzene rings is 1. The van der Waals surface area contributed by atoms with Crippen LogP contribution in [-0.2, 0) is 0 Å². The van der Waals surface area contributed by atoms with Gasteiger partial charge >= 0.3 is 0 Å². The quantitative estimate of drug-likeness (QED) is 0.851. The average molecular weight is 281 g/mol. The van der Waals surface area contributed by atoms with Crippen LogP contribution in [0.3, 0.4) is 0 Å². The largest absolute Gasteiger partial charge is 0.314 e. The second-order valence-electron chi connectivity index (χ2n) is 5.65. The van der Waals surface area contributed by atoms with Crippen LogP contribution in [0, 0.1) is 0 Å². The van der Waals surface area contributed by atoms with Crippen molar-refractivity contribution in [2.45, 2.75) is 44.7 Å². The molecule has 0 spiro atoms. The third-order valence-electron chi connectivity index (χ3n) is 4.22. The normalized spacial score (nSPS) is 20.9. The summed E-state index contributed by atoms with van der Waals surface area (Å²) >= 11 is 6.06. The van der Waals surface area contributed by atoms with Gasteiger partial charge in [-0.2, -0.15) is 0 Å². The van der Waals surface area contributed by atoms with Crippen LogP contribution < -0.4 is 5.32 Å². The maximum absolute atomic E-state index is 6.06. The van der Waals surface area contributed by atoms with Gasteiger partial charge in [-0.1, -0.05) is 23.7 Å². The van der Waals surface area contributed by atoms with Crippen molar-refractivity contribution < 1.29 is 0 Å². The molecule has 2 unspecified atom stereocenters. The highest BCUT2D eigenvalue weighted by atomic mass is 35.5. The van der Waals surface area contributed by atoms with E-state index in [2.05, 4.69) is 36.3 Å². The van der Waals surface area contributed by atoms with Crippen molar-refractivity contribution in [3.05, 3.63) is 34.9 Å². The van der Waals surface area contributed by atoms with Gasteiger partial charge in [-0.15, -0.1) is 0 Å². The Morgan fingerprint density at radius 2 is 2.32 bits per heavy atom. The van der Waals surface area contributed by atoms with Gasteiger partial charge in [-0.25, -0.2) is 0 Å². The van der Waals surface area contributed by atoms with E-state index in [0.29, 0.717) is 6.04 Å². The number of halogens is 1. The predicted molar refractivity (Wildman–Crippen MR) is 82.8 cm³/mol. The number of hydrogen-bond acceptors (Lipinski definition) is 2. The van der Waals surface area contributed by atoms with Gasteiger partial charge in [-0.05, 0) is 70.4 Å². The first-order valence-electron chi connectivity index (χ1n) is 7.36. The van der Waals surface area contributed by atoms with Crippen LogP contribution in [-0.4, -0.2) is 31.1 Å². The Kier molecular flexibility index (Phi) is 5.68. The highest BCUT2D eigenvalue weighted by Gasteiger charge is 2.15. The topological polar surface area (TPSA) is 15.3 Å². The maximum Gasteiger partial charge on any atom is 0.0409 e. The van der Waals surface area contributed by atoms with Crippen LogP contribution in [0.1, 0.15) is 44.2 Å². The zero-order valence-electron chi connectivity index (χ0n) is 12.0. The fourth-order valence-corrected chi connectivity index (χ4v) is 3.00. The zero-order chi connectivity index (χ0) is 13.7. The number of hydrogen-bond donors (Lipinski definition) is 1. The predicted octanol–water partition coefficient (Wildman–Crippen LogP) is 3.87. The fraction of sp³-hybridized carbons (Fsp3) is 0.625. The molecule has 1 aromatic rings. The van der Waals surface area contributed by atoms with Gasteiger partial charge in [0, 0.05) is 17.1 Å². The van der Waals surface area contributed by atoms with E-state index < -0.39 is 0 Å². The molecule has 1 fully saturated rings. The molecular weight excluding hydrogens is 256 g/mol. The van der Waals surface area contributed by atoms with Crippen LogP contribution in [0.15, 0.2) is 24.3 Å². The molecule has 19 heavy (non-hydrogen) atoms. The summed E-state index contributed by atoms with van der Waals surface area (Å²) in [6.45, 7) is 4.60. The van der Waals surface area contributed by atoms with Gasteiger partial charge in [0.2, 0.25) is 0 Å². The van der Waals surface area contributed by atoms with Crippen molar-refractivity contribution in [3.63, 3.8) is 0 Å². The molecule has 0 bridgehead atoms. The van der Waals surface area contributed by atoms with Crippen LogP contribution in [0.4, 0.5) is 0 Å². The molecule has 0 radical (unpaired) electrons. The van der Waals surface area contributed by atoms with Crippen molar-refractivity contribution in [2.24, 2.45) is 0 Å². The van der Waals surface area contributed by atoms with Crippen LogP contribution >= 0.6 is 11.6 Å². The average Bonchev–Trinajstić information content (AvgIpc) is 2.91. The van der Waals surface area contributed by atoms with Crippen molar-refractivity contribution in [2.75, 3.05) is 20.1 Å². The molecule has 1 aliphatic heterocycles. The van der Waals surface area contributed by atoms with Gasteiger partial charge in [0.05, 0.1) is 0 Å². The molecule has 1 heterocycles. The third-order valence-corrected chi connectivity index (χ3v) is 4.45. The van der Waals surface area contributed by atoms with Crippen molar-refractivity contribution >= 4 is 11.6 Å². The van der Waals surface area contributed by atoms with Gasteiger partial charge in [0.1, 0.15) is 0 Å². The van der Waals surface area contributed by atoms with E-state index >= 15 is 0 Å². The van der Waals surface area contributed by atoms with Crippen LogP contribution in [0.25, 0.3) is 0 Å². The summed E-state index contributed by atoms with van der Waals surface area (Å²) < 4.78 is 0. The summed E-state index contributed by atoms with van der Waals surface area (Å²) in [4.78, 5) is 2.42. The molecule has 1 aromatic carbocycles. The lowest BCUT2D eigenvalue weighted by Crippen LogP contribution is -2.26. The van der Waals surface area contributed by atoms with E-state index in [1.54, 1.807) is 0 Å². The number of nitrogens with zero attached hydrogens (tertiary/aromatic N) is 1. The lowest BCUT2D eigenvalue weighted by molar-refractivity contribution is 0.252. The minimum Gasteiger partial charge on any atom is -0.314 e. The zero-order valence-corrected chi connectivity index (χ0v) is 12.8. The molecule has 3 heteroatoms. The molecule has 106 valence electrons. The van der Waals surface area contributed by atoms with E-state index in [4.69, 9.17) is 11.6 Å². The minimum atomic E-state index is 0.426. The summed E-state index contributed by atoms with van der Waals surface area (Å²) in [7, 11) is 2.20. The van der Waals surface area contributed by atoms with Crippen LogP contribution in [0.5, 0.6) is 0 Å². The third kappa shape index (κ3) is 4.48. The molecule has 1 saturated heterocycles. The maximum atomic E-state index is 6.06. The van der Waals surface area contributed by atoms with Gasteiger partial charge in [0.15, 0.2) is 0 Å². The first-order chi connectivity index (χ1) is 9.16. The highest BCUT2D eigenvalue weighted by Crippen LogP contribution is 2.22. The lowest BCUT2D eigenvalue weighted by Gasteiger charge is -2.25. The Morgan fingerprint density at radius 1 is 1.47 bits per heavy atom. The molecule has 0 aliphatic carbocycles. The number of nitrogens with one attached hydrogen (secondary N) is 1. The monoisotopic (exact) mass is 280 g/mol. The molecule has 2 nitrogen and oxygen atoms in total. The Hall–Kier alpha value is -0.570. The van der Waals surface area contributed by atoms with E-state index in [0.717, 1.165) is 17.6 Å². The summed E-state index contributed by atoms with van der Waals surface area (Å²) in [5.74, 6) is 0. The standard InChI is InChI=1S/C16H25ClN2/c1-13(14-6-3-7-15(17)12-14)19(2)11-5-9-16-8-4-10-18-16/h3,6-7,12-13,16,18H,4-5,8-11H2,1-2H3. The van der Waals surface area contributed by atoms with Crippen molar-refractivity contribution in [1.29, 1.82) is 0 Å². The molecular formula is C16H25ClN2. The van der Waals surface area contributed by atoms with Gasteiger partial charge < -0.3 is 5.32 Å². The molecule has 0 amide bonds. The number of rotatable bonds is 6. The summed E-state index contributed by atoms with van der Waals surface area (Å²) in [5.41, 5.74) is 1.30. The summed E-state index contributed by atoms with van der Waals surface area (Å²) in [5, 5.41) is 4.39. The molecule has 0 saturated carbocycles. The van der Waals surface area contributed by atoms with Gasteiger partial charge in [-0.3, -0.25) is 4.90 Å². The minimum absolute atomic E-state index is 0.426. The smallest absolute Gasteiger partial charge is 0.0409 e. The van der Waals surface area contributed by atoms with E-state index in [1.807, 2.05) is 12.1 Å². The summed E-state index contributed by atoms with van der Waals surface area (Å²) in [6.07, 6.45) is 5.26. The Morgan fingerprint density at radius 3 is 3.00 bits per heavy atom. The first-order valence-corrected chi connectivity index (χ1v) is 7.73. The van der Waals surface area contributed by atoms with E-state index in [1.165, 1.54) is 37.8 Å². The Balaban J connectivity index is 1.76. The second kappa shape index (κ2) is 7.28. The first kappa shape index (κ1) is 14.8. The SMILES string of the molecule is CC(c1cccc(Cl)c1)N(C)CCCC1CCCN1. The van der Waals surface area contributed by atoms with Gasteiger partial charge in [0.25, 0.3) is 0 Å². The molecule has 1 N–H and O–H groups in total. The summed E-state index contributed by atoms with van der Waals surface area (Å²) in [6, 6.07) is 9.38. The molecule has 0 aromatic heterocycles. The lowest BCUT2D eigenvalue weighted by atomic mass is 10.1. The van der Waals surface area contributed by atoms with Crippen molar-refractivity contribution in [3.8, 4) is 0 Å². The Labute approximate surface area is 122 Å². The van der Waals surface area contributed by atoms with E-state index in [9.17, 15) is 0 Å². The second-order valence-corrected chi connectivity index (χ2v) is 6.08. The fourth-order valence-electron chi connectivity index (χ4n) is 2.80. The highest BCUT2D eigenvalue weighted by molar-refractivity contribution is 6.30.